The van der Waals surface area contributed by atoms with Gasteiger partial charge in [0.05, 0.1) is 5.56 Å². The van der Waals surface area contributed by atoms with Crippen molar-refractivity contribution in [2.24, 2.45) is 0 Å². The zero-order chi connectivity index (χ0) is 21.6. The molecule has 31 heavy (non-hydrogen) atoms. The fraction of sp³-hybridized carbons (Fsp3) is 0. The molecule has 0 radical (unpaired) electrons. The summed E-state index contributed by atoms with van der Waals surface area (Å²) in [7, 11) is 0. The van der Waals surface area contributed by atoms with E-state index in [0.717, 1.165) is 0 Å². The Morgan fingerprint density at radius 3 is 2.10 bits per heavy atom. The Hall–Kier alpha value is -4.39. The van der Waals surface area contributed by atoms with Crippen LogP contribution < -0.4 is 16.0 Å². The maximum absolute atomic E-state index is 13.9. The van der Waals surface area contributed by atoms with E-state index in [1.54, 1.807) is 60.7 Å². The van der Waals surface area contributed by atoms with E-state index in [-0.39, 0.29) is 17.1 Å². The number of para-hydroxylation sites is 1. The van der Waals surface area contributed by atoms with Crippen molar-refractivity contribution in [3.8, 4) is 11.3 Å². The number of rotatable bonds is 5. The monoisotopic (exact) mass is 415 g/mol. The summed E-state index contributed by atoms with van der Waals surface area (Å²) in [4.78, 5) is 24.7. The summed E-state index contributed by atoms with van der Waals surface area (Å²) in [6.45, 7) is 0. The number of halogens is 1. The van der Waals surface area contributed by atoms with Crippen LogP contribution in [0.15, 0.2) is 95.4 Å². The van der Waals surface area contributed by atoms with Gasteiger partial charge in [0, 0.05) is 17.1 Å². The van der Waals surface area contributed by atoms with Crippen molar-refractivity contribution in [3.05, 3.63) is 103 Å². The van der Waals surface area contributed by atoms with Crippen molar-refractivity contribution < 1.29 is 18.4 Å². The Morgan fingerprint density at radius 1 is 0.677 bits per heavy atom. The summed E-state index contributed by atoms with van der Waals surface area (Å²) in [5, 5.41) is 8.13. The molecular weight excluding hydrogens is 397 g/mol. The first-order chi connectivity index (χ1) is 15.1. The van der Waals surface area contributed by atoms with Gasteiger partial charge in [-0.25, -0.2) is 9.18 Å². The van der Waals surface area contributed by atoms with Gasteiger partial charge in [0.15, 0.2) is 5.76 Å². The molecule has 3 amide bonds. The quantitative estimate of drug-likeness (QED) is 0.375. The van der Waals surface area contributed by atoms with Crippen LogP contribution in [-0.4, -0.2) is 11.9 Å². The molecule has 0 aliphatic rings. The molecule has 0 aliphatic heterocycles. The van der Waals surface area contributed by atoms with Crippen LogP contribution in [0.25, 0.3) is 11.3 Å². The van der Waals surface area contributed by atoms with E-state index in [0.29, 0.717) is 17.1 Å². The average Bonchev–Trinajstić information content (AvgIpc) is 3.25. The molecule has 1 heterocycles. The average molecular weight is 415 g/mol. The summed E-state index contributed by atoms with van der Waals surface area (Å²) < 4.78 is 19.4. The number of furan rings is 1. The SMILES string of the molecule is O=C(Nc1ccccc1)Nc1cccc(NC(=O)c2ccc(-c3ccccc3F)o2)c1. The zero-order valence-corrected chi connectivity index (χ0v) is 16.3. The van der Waals surface area contributed by atoms with E-state index in [1.807, 2.05) is 18.2 Å². The highest BCUT2D eigenvalue weighted by Crippen LogP contribution is 2.25. The smallest absolute Gasteiger partial charge is 0.323 e. The van der Waals surface area contributed by atoms with Gasteiger partial charge in [0.1, 0.15) is 11.6 Å². The highest BCUT2D eigenvalue weighted by atomic mass is 19.1. The first-order valence-electron chi connectivity index (χ1n) is 9.48. The molecule has 0 atom stereocenters. The van der Waals surface area contributed by atoms with Crippen LogP contribution >= 0.6 is 0 Å². The Morgan fingerprint density at radius 2 is 1.32 bits per heavy atom. The van der Waals surface area contributed by atoms with Gasteiger partial charge in [-0.3, -0.25) is 4.79 Å². The second-order valence-electron chi connectivity index (χ2n) is 6.62. The predicted octanol–water partition coefficient (Wildman–Crippen LogP) is 5.98. The van der Waals surface area contributed by atoms with Gasteiger partial charge in [0.2, 0.25) is 0 Å². The number of carbonyl (C=O) groups excluding carboxylic acids is 2. The molecule has 0 aliphatic carbocycles. The highest BCUT2D eigenvalue weighted by Gasteiger charge is 2.15. The lowest BCUT2D eigenvalue weighted by molar-refractivity contribution is 0.0997. The lowest BCUT2D eigenvalue weighted by Crippen LogP contribution is -2.19. The van der Waals surface area contributed by atoms with Gasteiger partial charge < -0.3 is 20.4 Å². The fourth-order valence-electron chi connectivity index (χ4n) is 2.95. The molecule has 0 fully saturated rings. The van der Waals surface area contributed by atoms with Crippen LogP contribution in [0.5, 0.6) is 0 Å². The van der Waals surface area contributed by atoms with E-state index in [2.05, 4.69) is 16.0 Å². The molecule has 0 saturated carbocycles. The number of amides is 3. The number of urea groups is 1. The molecule has 3 aromatic carbocycles. The van der Waals surface area contributed by atoms with Gasteiger partial charge >= 0.3 is 6.03 Å². The van der Waals surface area contributed by atoms with Crippen LogP contribution in [0.4, 0.5) is 26.2 Å². The molecular formula is C24H18FN3O3. The van der Waals surface area contributed by atoms with Crippen molar-refractivity contribution in [1.29, 1.82) is 0 Å². The zero-order valence-electron chi connectivity index (χ0n) is 16.3. The molecule has 0 unspecified atom stereocenters. The lowest BCUT2D eigenvalue weighted by atomic mass is 10.1. The fourth-order valence-corrected chi connectivity index (χ4v) is 2.95. The first kappa shape index (κ1) is 19.9. The van der Waals surface area contributed by atoms with Gasteiger partial charge in [0.25, 0.3) is 5.91 Å². The van der Waals surface area contributed by atoms with Crippen LogP contribution in [0, 0.1) is 5.82 Å². The van der Waals surface area contributed by atoms with Gasteiger partial charge in [-0.1, -0.05) is 36.4 Å². The molecule has 1 aromatic heterocycles. The molecule has 0 bridgehead atoms. The van der Waals surface area contributed by atoms with Crippen molar-refractivity contribution >= 4 is 29.0 Å². The van der Waals surface area contributed by atoms with E-state index in [4.69, 9.17) is 4.42 Å². The third kappa shape index (κ3) is 4.97. The number of nitrogens with one attached hydrogen (secondary N) is 3. The van der Waals surface area contributed by atoms with Crippen molar-refractivity contribution in [2.75, 3.05) is 16.0 Å². The summed E-state index contributed by atoms with van der Waals surface area (Å²) in [6.07, 6.45) is 0. The lowest BCUT2D eigenvalue weighted by Gasteiger charge is -2.09. The Kier molecular flexibility index (Phi) is 5.75. The number of benzene rings is 3. The van der Waals surface area contributed by atoms with Crippen LogP contribution in [0.1, 0.15) is 10.6 Å². The predicted molar refractivity (Wildman–Crippen MR) is 118 cm³/mol. The van der Waals surface area contributed by atoms with E-state index in [1.165, 1.54) is 12.1 Å². The van der Waals surface area contributed by atoms with Crippen LogP contribution in [-0.2, 0) is 0 Å². The Balaban J connectivity index is 1.41. The largest absolute Gasteiger partial charge is 0.451 e. The Bertz CT molecular complexity index is 1220. The number of hydrogen-bond acceptors (Lipinski definition) is 3. The number of carbonyl (C=O) groups is 2. The molecule has 0 saturated heterocycles. The second kappa shape index (κ2) is 8.96. The van der Waals surface area contributed by atoms with Gasteiger partial charge in [-0.2, -0.15) is 0 Å². The molecule has 0 spiro atoms. The minimum atomic E-state index is -0.492. The summed E-state index contributed by atoms with van der Waals surface area (Å²) in [5.74, 6) is -0.625. The van der Waals surface area contributed by atoms with Crippen molar-refractivity contribution in [1.82, 2.24) is 0 Å². The minimum absolute atomic E-state index is 0.0402. The number of anilines is 3. The number of hydrogen-bond donors (Lipinski definition) is 3. The summed E-state index contributed by atoms with van der Waals surface area (Å²) in [6, 6.07) is 24.5. The van der Waals surface area contributed by atoms with E-state index in [9.17, 15) is 14.0 Å². The van der Waals surface area contributed by atoms with E-state index >= 15 is 0 Å². The van der Waals surface area contributed by atoms with Crippen LogP contribution in [0.2, 0.25) is 0 Å². The molecule has 154 valence electrons. The van der Waals surface area contributed by atoms with Crippen LogP contribution in [0.3, 0.4) is 0 Å². The maximum atomic E-state index is 13.9. The van der Waals surface area contributed by atoms with E-state index < -0.39 is 17.8 Å². The second-order valence-corrected chi connectivity index (χ2v) is 6.62. The highest BCUT2D eigenvalue weighted by molar-refractivity contribution is 6.04. The van der Waals surface area contributed by atoms with Crippen molar-refractivity contribution in [3.63, 3.8) is 0 Å². The third-order valence-corrected chi connectivity index (χ3v) is 4.38. The molecule has 4 rings (SSSR count). The maximum Gasteiger partial charge on any atom is 0.323 e. The van der Waals surface area contributed by atoms with Gasteiger partial charge in [-0.05, 0) is 54.6 Å². The molecule has 3 N–H and O–H groups in total. The normalized spacial score (nSPS) is 10.4. The molecule has 4 aromatic rings. The summed E-state index contributed by atoms with van der Waals surface area (Å²) in [5.41, 5.74) is 1.90. The summed E-state index contributed by atoms with van der Waals surface area (Å²) >= 11 is 0. The van der Waals surface area contributed by atoms with Crippen molar-refractivity contribution in [2.45, 2.75) is 0 Å². The molecule has 6 nitrogen and oxygen atoms in total. The molecule has 7 heteroatoms. The van der Waals surface area contributed by atoms with Gasteiger partial charge in [-0.15, -0.1) is 0 Å². The topological polar surface area (TPSA) is 83.4 Å². The minimum Gasteiger partial charge on any atom is -0.451 e. The standard InChI is InChI=1S/C24H18FN3O3/c25-20-12-5-4-11-19(20)21-13-14-22(31-21)23(29)26-17-9-6-10-18(15-17)28-24(30)27-16-7-2-1-3-8-16/h1-15H,(H,26,29)(H2,27,28,30). The first-order valence-corrected chi connectivity index (χ1v) is 9.48. The Labute approximate surface area is 177 Å². The third-order valence-electron chi connectivity index (χ3n) is 4.38.